The smallest absolute Gasteiger partial charge is 0.324 e. The third-order valence-electron chi connectivity index (χ3n) is 4.31. The summed E-state index contributed by atoms with van der Waals surface area (Å²) in [6.45, 7) is 13.6. The van der Waals surface area contributed by atoms with Crippen molar-refractivity contribution in [3.8, 4) is 0 Å². The average Bonchev–Trinajstić information content (AvgIpc) is 2.46. The molecule has 0 rings (SSSR count). The van der Waals surface area contributed by atoms with Crippen LogP contribution in [-0.4, -0.2) is 34.2 Å². The summed E-state index contributed by atoms with van der Waals surface area (Å²) in [7, 11) is 0. The summed E-state index contributed by atoms with van der Waals surface area (Å²) in [4.78, 5) is 38.0. The minimum atomic E-state index is -1.86. The SMILES string of the molecule is CCCCCCCC(C(=O)OC(C)(C)C)(C(=O)OC(C)(C)C)[C@H](C)C(=O)O. The number of unbranched alkanes of at least 4 members (excludes halogenated alkanes) is 4. The molecule has 6 heteroatoms. The molecule has 27 heavy (non-hydrogen) atoms. The molecule has 0 unspecified atom stereocenters. The number of rotatable bonds is 10. The Bertz CT molecular complexity index is 482. The van der Waals surface area contributed by atoms with Crippen molar-refractivity contribution in [2.75, 3.05) is 0 Å². The third kappa shape index (κ3) is 8.31. The fourth-order valence-corrected chi connectivity index (χ4v) is 2.81. The normalized spacial score (nSPS) is 13.8. The lowest BCUT2D eigenvalue weighted by Crippen LogP contribution is -2.52. The van der Waals surface area contributed by atoms with Crippen molar-refractivity contribution in [3.05, 3.63) is 0 Å². The van der Waals surface area contributed by atoms with E-state index in [1.807, 2.05) is 0 Å². The van der Waals surface area contributed by atoms with Gasteiger partial charge in [-0.2, -0.15) is 0 Å². The largest absolute Gasteiger partial charge is 0.481 e. The van der Waals surface area contributed by atoms with Crippen LogP contribution in [0.3, 0.4) is 0 Å². The second-order valence-electron chi connectivity index (χ2n) is 9.20. The van der Waals surface area contributed by atoms with Crippen LogP contribution < -0.4 is 0 Å². The van der Waals surface area contributed by atoms with E-state index in [1.54, 1.807) is 41.5 Å². The predicted octanol–water partition coefficient (Wildman–Crippen LogP) is 4.74. The molecular weight excluding hydrogens is 348 g/mol. The third-order valence-corrected chi connectivity index (χ3v) is 4.31. The molecule has 6 nitrogen and oxygen atoms in total. The van der Waals surface area contributed by atoms with E-state index in [0.717, 1.165) is 25.7 Å². The molecule has 1 atom stereocenters. The Morgan fingerprint density at radius 2 is 1.22 bits per heavy atom. The maximum atomic E-state index is 13.1. The summed E-state index contributed by atoms with van der Waals surface area (Å²) in [6, 6.07) is 0. The van der Waals surface area contributed by atoms with E-state index in [-0.39, 0.29) is 6.42 Å². The molecule has 0 aliphatic carbocycles. The van der Waals surface area contributed by atoms with E-state index in [0.29, 0.717) is 6.42 Å². The van der Waals surface area contributed by atoms with Crippen LogP contribution in [0.1, 0.15) is 93.9 Å². The van der Waals surface area contributed by atoms with Gasteiger partial charge in [0.05, 0.1) is 5.92 Å². The number of esters is 2. The first-order chi connectivity index (χ1) is 12.2. The zero-order chi connectivity index (χ0) is 21.5. The molecule has 0 heterocycles. The van der Waals surface area contributed by atoms with Crippen molar-refractivity contribution in [3.63, 3.8) is 0 Å². The Morgan fingerprint density at radius 1 is 0.815 bits per heavy atom. The standard InChI is InChI=1S/C21H38O6/c1-9-10-11-12-13-14-21(15(2)16(22)23,17(24)26-19(3,4)5)18(25)27-20(6,7)8/h15H,9-14H2,1-8H3,(H,22,23)/t15-/m1/s1. The van der Waals surface area contributed by atoms with Crippen molar-refractivity contribution >= 4 is 17.9 Å². The zero-order valence-corrected chi connectivity index (χ0v) is 18.3. The topological polar surface area (TPSA) is 89.9 Å². The number of carboxylic acids is 1. The molecule has 0 aromatic carbocycles. The van der Waals surface area contributed by atoms with Gasteiger partial charge in [-0.15, -0.1) is 0 Å². The van der Waals surface area contributed by atoms with Crippen LogP contribution in [-0.2, 0) is 23.9 Å². The Hall–Kier alpha value is -1.59. The Labute approximate surface area is 164 Å². The maximum absolute atomic E-state index is 13.1. The van der Waals surface area contributed by atoms with E-state index in [9.17, 15) is 19.5 Å². The molecule has 0 aromatic heterocycles. The van der Waals surface area contributed by atoms with E-state index in [1.165, 1.54) is 6.92 Å². The predicted molar refractivity (Wildman–Crippen MR) is 104 cm³/mol. The minimum absolute atomic E-state index is 0.0913. The monoisotopic (exact) mass is 386 g/mol. The number of hydrogen-bond donors (Lipinski definition) is 1. The van der Waals surface area contributed by atoms with E-state index in [2.05, 4.69) is 6.92 Å². The zero-order valence-electron chi connectivity index (χ0n) is 18.3. The highest BCUT2D eigenvalue weighted by molar-refractivity contribution is 6.04. The number of hydrogen-bond acceptors (Lipinski definition) is 5. The van der Waals surface area contributed by atoms with Gasteiger partial charge in [0.1, 0.15) is 11.2 Å². The molecule has 0 aliphatic heterocycles. The molecule has 0 saturated carbocycles. The van der Waals surface area contributed by atoms with Crippen LogP contribution in [0.25, 0.3) is 0 Å². The fraction of sp³-hybridized carbons (Fsp3) is 0.857. The van der Waals surface area contributed by atoms with Gasteiger partial charge in [-0.05, 0) is 48.0 Å². The Morgan fingerprint density at radius 3 is 1.56 bits per heavy atom. The maximum Gasteiger partial charge on any atom is 0.324 e. The van der Waals surface area contributed by atoms with Gasteiger partial charge in [0.2, 0.25) is 0 Å². The van der Waals surface area contributed by atoms with Crippen molar-refractivity contribution < 1.29 is 29.0 Å². The first kappa shape index (κ1) is 25.4. The van der Waals surface area contributed by atoms with Crippen LogP contribution in [0.15, 0.2) is 0 Å². The van der Waals surface area contributed by atoms with Gasteiger partial charge < -0.3 is 14.6 Å². The molecule has 158 valence electrons. The quantitative estimate of drug-likeness (QED) is 0.331. The number of ether oxygens (including phenoxy) is 2. The molecule has 0 radical (unpaired) electrons. The Kier molecular flexibility index (Phi) is 9.50. The fourth-order valence-electron chi connectivity index (χ4n) is 2.81. The van der Waals surface area contributed by atoms with Gasteiger partial charge in [-0.25, -0.2) is 0 Å². The summed E-state index contributed by atoms with van der Waals surface area (Å²) in [5, 5.41) is 9.64. The lowest BCUT2D eigenvalue weighted by molar-refractivity contribution is -0.194. The van der Waals surface area contributed by atoms with E-state index < -0.39 is 40.4 Å². The first-order valence-corrected chi connectivity index (χ1v) is 9.87. The van der Waals surface area contributed by atoms with Gasteiger partial charge in [0, 0.05) is 0 Å². The van der Waals surface area contributed by atoms with Crippen molar-refractivity contribution in [1.29, 1.82) is 0 Å². The molecule has 0 aromatic rings. The van der Waals surface area contributed by atoms with Crippen LogP contribution >= 0.6 is 0 Å². The molecule has 0 aliphatic rings. The number of carbonyl (C=O) groups excluding carboxylic acids is 2. The number of aliphatic carboxylic acids is 1. The number of carboxylic acid groups (broad SMARTS) is 1. The molecule has 0 bridgehead atoms. The summed E-state index contributed by atoms with van der Waals surface area (Å²) in [5.41, 5.74) is -3.55. The van der Waals surface area contributed by atoms with Gasteiger partial charge >= 0.3 is 17.9 Å². The van der Waals surface area contributed by atoms with E-state index in [4.69, 9.17) is 9.47 Å². The molecule has 0 saturated heterocycles. The van der Waals surface area contributed by atoms with Crippen LogP contribution in [0.2, 0.25) is 0 Å². The molecule has 0 fully saturated rings. The van der Waals surface area contributed by atoms with Crippen molar-refractivity contribution in [2.24, 2.45) is 11.3 Å². The molecule has 1 N–H and O–H groups in total. The van der Waals surface area contributed by atoms with Gasteiger partial charge in [-0.1, -0.05) is 46.0 Å². The second-order valence-corrected chi connectivity index (χ2v) is 9.20. The van der Waals surface area contributed by atoms with Gasteiger partial charge in [0.25, 0.3) is 0 Å². The first-order valence-electron chi connectivity index (χ1n) is 9.87. The van der Waals surface area contributed by atoms with Gasteiger partial charge in [-0.3, -0.25) is 14.4 Å². The van der Waals surface area contributed by atoms with E-state index >= 15 is 0 Å². The highest BCUT2D eigenvalue weighted by Gasteiger charge is 2.57. The highest BCUT2D eigenvalue weighted by Crippen LogP contribution is 2.39. The van der Waals surface area contributed by atoms with Crippen LogP contribution in [0.5, 0.6) is 0 Å². The summed E-state index contributed by atoms with van der Waals surface area (Å²) in [6.07, 6.45) is 4.55. The van der Waals surface area contributed by atoms with Gasteiger partial charge in [0.15, 0.2) is 5.41 Å². The summed E-state index contributed by atoms with van der Waals surface area (Å²) in [5.74, 6) is -4.13. The second kappa shape index (κ2) is 10.1. The summed E-state index contributed by atoms with van der Waals surface area (Å²) >= 11 is 0. The molecule has 0 spiro atoms. The molecular formula is C21H38O6. The Balaban J connectivity index is 5.93. The minimum Gasteiger partial charge on any atom is -0.481 e. The summed E-state index contributed by atoms with van der Waals surface area (Å²) < 4.78 is 11.0. The van der Waals surface area contributed by atoms with Crippen molar-refractivity contribution in [2.45, 2.75) is 105 Å². The van der Waals surface area contributed by atoms with Crippen LogP contribution in [0, 0.1) is 11.3 Å². The average molecular weight is 387 g/mol. The lowest BCUT2D eigenvalue weighted by atomic mass is 9.72. The highest BCUT2D eigenvalue weighted by atomic mass is 16.6. The number of carbonyl (C=O) groups is 3. The van der Waals surface area contributed by atoms with Crippen LogP contribution in [0.4, 0.5) is 0 Å². The lowest BCUT2D eigenvalue weighted by Gasteiger charge is -2.37. The molecule has 0 amide bonds. The van der Waals surface area contributed by atoms with Crippen molar-refractivity contribution in [1.82, 2.24) is 0 Å².